The summed E-state index contributed by atoms with van der Waals surface area (Å²) >= 11 is 1.45. The zero-order valence-electron chi connectivity index (χ0n) is 16.2. The van der Waals surface area contributed by atoms with Gasteiger partial charge >= 0.3 is 0 Å². The molecule has 1 aromatic heterocycles. The van der Waals surface area contributed by atoms with E-state index in [4.69, 9.17) is 4.74 Å². The van der Waals surface area contributed by atoms with Gasteiger partial charge in [-0.15, -0.1) is 11.3 Å². The van der Waals surface area contributed by atoms with Gasteiger partial charge in [-0.1, -0.05) is 30.3 Å². The van der Waals surface area contributed by atoms with Crippen molar-refractivity contribution in [1.29, 1.82) is 0 Å². The third-order valence-corrected chi connectivity index (χ3v) is 6.93. The van der Waals surface area contributed by atoms with E-state index in [0.29, 0.717) is 22.9 Å². The Morgan fingerprint density at radius 2 is 1.89 bits per heavy atom. The summed E-state index contributed by atoms with van der Waals surface area (Å²) in [5.41, 5.74) is 1.94. The smallest absolute Gasteiger partial charge is 0.282 e. The highest BCUT2D eigenvalue weighted by Gasteiger charge is 2.44. The standard InChI is InChI=1S/C21H27N3O2S/c1-23(2)18-9-15-11-24(12-16(15)10-19(18)26-3)21(25)20-22-17(13-27-20)14-7-5-4-6-8-14/h4-8,13,15-16,18-19H,9-12H2,1-3H3/t15-,16+,18-,19-/m1/s1. The highest BCUT2D eigenvalue weighted by Crippen LogP contribution is 2.39. The number of amides is 1. The molecule has 1 saturated heterocycles. The van der Waals surface area contributed by atoms with E-state index in [2.05, 4.69) is 24.0 Å². The average molecular weight is 386 g/mol. The van der Waals surface area contributed by atoms with Crippen LogP contribution in [0.5, 0.6) is 0 Å². The molecule has 4 rings (SSSR count). The maximum atomic E-state index is 13.0. The summed E-state index contributed by atoms with van der Waals surface area (Å²) in [6, 6.07) is 10.5. The SMILES string of the molecule is CO[C@@H]1C[C@H]2CN(C(=O)c3nc(-c4ccccc4)cs3)C[C@H]2C[C@H]1N(C)C. The summed E-state index contributed by atoms with van der Waals surface area (Å²) in [5, 5.41) is 2.58. The third kappa shape index (κ3) is 3.66. The molecule has 1 saturated carbocycles. The number of ether oxygens (including phenoxy) is 1. The van der Waals surface area contributed by atoms with Crippen LogP contribution in [0.15, 0.2) is 35.7 Å². The zero-order valence-corrected chi connectivity index (χ0v) is 17.0. The maximum Gasteiger partial charge on any atom is 0.282 e. The van der Waals surface area contributed by atoms with E-state index >= 15 is 0 Å². The van der Waals surface area contributed by atoms with Gasteiger partial charge in [0.05, 0.1) is 11.8 Å². The van der Waals surface area contributed by atoms with Crippen molar-refractivity contribution < 1.29 is 9.53 Å². The molecule has 0 spiro atoms. The largest absolute Gasteiger partial charge is 0.380 e. The fourth-order valence-electron chi connectivity index (χ4n) is 4.60. The van der Waals surface area contributed by atoms with Gasteiger partial charge in [-0.2, -0.15) is 0 Å². The van der Waals surface area contributed by atoms with Crippen LogP contribution in [0, 0.1) is 11.8 Å². The number of hydrogen-bond acceptors (Lipinski definition) is 5. The van der Waals surface area contributed by atoms with Gasteiger partial charge in [-0.05, 0) is 38.8 Å². The molecule has 2 aromatic rings. The predicted octanol–water partition coefficient (Wildman–Crippen LogP) is 3.24. The second-order valence-corrected chi connectivity index (χ2v) is 8.77. The molecule has 144 valence electrons. The molecule has 27 heavy (non-hydrogen) atoms. The van der Waals surface area contributed by atoms with Crippen LogP contribution in [0.2, 0.25) is 0 Å². The summed E-state index contributed by atoms with van der Waals surface area (Å²) in [5.74, 6) is 1.16. The van der Waals surface area contributed by atoms with E-state index in [-0.39, 0.29) is 12.0 Å². The van der Waals surface area contributed by atoms with E-state index in [1.165, 1.54) is 11.3 Å². The van der Waals surface area contributed by atoms with Crippen molar-refractivity contribution in [3.63, 3.8) is 0 Å². The number of likely N-dealkylation sites (N-methyl/N-ethyl adjacent to an activating group) is 1. The van der Waals surface area contributed by atoms with Crippen LogP contribution in [-0.4, -0.2) is 67.1 Å². The topological polar surface area (TPSA) is 45.7 Å². The zero-order chi connectivity index (χ0) is 19.0. The maximum absolute atomic E-state index is 13.0. The average Bonchev–Trinajstić information content (AvgIpc) is 3.33. The first-order valence-corrected chi connectivity index (χ1v) is 10.4. The van der Waals surface area contributed by atoms with Gasteiger partial charge in [-0.3, -0.25) is 4.79 Å². The van der Waals surface area contributed by atoms with Gasteiger partial charge < -0.3 is 14.5 Å². The number of thiazole rings is 1. The Balaban J connectivity index is 1.46. The van der Waals surface area contributed by atoms with Crippen molar-refractivity contribution in [3.8, 4) is 11.3 Å². The lowest BCUT2D eigenvalue weighted by Crippen LogP contribution is -2.47. The second kappa shape index (κ2) is 7.70. The molecular formula is C21H27N3O2S. The highest BCUT2D eigenvalue weighted by molar-refractivity contribution is 7.12. The molecule has 0 bridgehead atoms. The molecule has 1 aliphatic carbocycles. The lowest BCUT2D eigenvalue weighted by molar-refractivity contribution is -0.0209. The Labute approximate surface area is 165 Å². The first kappa shape index (κ1) is 18.6. The molecule has 5 nitrogen and oxygen atoms in total. The minimum Gasteiger partial charge on any atom is -0.380 e. The van der Waals surface area contributed by atoms with Crippen LogP contribution in [-0.2, 0) is 4.74 Å². The molecule has 6 heteroatoms. The quantitative estimate of drug-likeness (QED) is 0.811. The summed E-state index contributed by atoms with van der Waals surface area (Å²) < 4.78 is 5.75. The van der Waals surface area contributed by atoms with Crippen LogP contribution in [0.3, 0.4) is 0 Å². The molecular weight excluding hydrogens is 358 g/mol. The predicted molar refractivity (Wildman–Crippen MR) is 108 cm³/mol. The van der Waals surface area contributed by atoms with Crippen molar-refractivity contribution in [2.75, 3.05) is 34.3 Å². The first-order valence-electron chi connectivity index (χ1n) is 9.56. The van der Waals surface area contributed by atoms with Crippen LogP contribution in [0.25, 0.3) is 11.3 Å². The summed E-state index contributed by atoms with van der Waals surface area (Å²) in [4.78, 5) is 21.9. The molecule has 2 heterocycles. The fourth-order valence-corrected chi connectivity index (χ4v) is 5.39. The third-order valence-electron chi connectivity index (χ3n) is 6.09. The number of rotatable bonds is 4. The van der Waals surface area contributed by atoms with E-state index in [1.54, 1.807) is 7.11 Å². The fraction of sp³-hybridized carbons (Fsp3) is 0.524. The van der Waals surface area contributed by atoms with Gasteiger partial charge in [0.1, 0.15) is 0 Å². The normalized spacial score (nSPS) is 27.8. The van der Waals surface area contributed by atoms with Crippen molar-refractivity contribution in [2.45, 2.75) is 25.0 Å². The molecule has 4 atom stereocenters. The highest BCUT2D eigenvalue weighted by atomic mass is 32.1. The number of carbonyl (C=O) groups is 1. The van der Waals surface area contributed by atoms with Gasteiger partial charge in [0, 0.05) is 37.2 Å². The molecule has 1 aliphatic heterocycles. The Kier molecular flexibility index (Phi) is 5.30. The van der Waals surface area contributed by atoms with E-state index in [1.807, 2.05) is 40.6 Å². The van der Waals surface area contributed by atoms with Crippen molar-refractivity contribution >= 4 is 17.2 Å². The second-order valence-electron chi connectivity index (χ2n) is 7.91. The van der Waals surface area contributed by atoms with Crippen LogP contribution >= 0.6 is 11.3 Å². The van der Waals surface area contributed by atoms with Gasteiger partial charge in [0.25, 0.3) is 5.91 Å². The molecule has 0 unspecified atom stereocenters. The number of carbonyl (C=O) groups excluding carboxylic acids is 1. The number of methoxy groups -OCH3 is 1. The van der Waals surface area contributed by atoms with Gasteiger partial charge in [0.2, 0.25) is 0 Å². The lowest BCUT2D eigenvalue weighted by atomic mass is 9.77. The molecule has 1 aromatic carbocycles. The number of fused-ring (bicyclic) bond motifs is 1. The summed E-state index contributed by atoms with van der Waals surface area (Å²) in [6.07, 6.45) is 2.37. The molecule has 0 N–H and O–H groups in total. The minimum atomic E-state index is 0.0759. The Hall–Kier alpha value is -1.76. The first-order chi connectivity index (χ1) is 13.1. The van der Waals surface area contributed by atoms with Gasteiger partial charge in [-0.25, -0.2) is 4.98 Å². The molecule has 0 radical (unpaired) electrons. The number of nitrogens with zero attached hydrogens (tertiary/aromatic N) is 3. The van der Waals surface area contributed by atoms with Crippen molar-refractivity contribution in [2.24, 2.45) is 11.8 Å². The monoisotopic (exact) mass is 385 g/mol. The van der Waals surface area contributed by atoms with Crippen LogP contribution in [0.4, 0.5) is 0 Å². The van der Waals surface area contributed by atoms with E-state index in [9.17, 15) is 4.79 Å². The lowest BCUT2D eigenvalue weighted by Gasteiger charge is -2.40. The Bertz CT molecular complexity index is 792. The molecule has 2 fully saturated rings. The van der Waals surface area contributed by atoms with Crippen LogP contribution in [0.1, 0.15) is 22.6 Å². The van der Waals surface area contributed by atoms with Crippen molar-refractivity contribution in [3.05, 3.63) is 40.7 Å². The number of likely N-dealkylation sites (tertiary alicyclic amines) is 1. The molecule has 2 aliphatic rings. The number of hydrogen-bond donors (Lipinski definition) is 0. The number of aromatic nitrogens is 1. The Morgan fingerprint density at radius 3 is 2.56 bits per heavy atom. The summed E-state index contributed by atoms with van der Waals surface area (Å²) in [7, 11) is 6.05. The van der Waals surface area contributed by atoms with Crippen LogP contribution < -0.4 is 0 Å². The molecule has 1 amide bonds. The van der Waals surface area contributed by atoms with Gasteiger partial charge in [0.15, 0.2) is 5.01 Å². The van der Waals surface area contributed by atoms with E-state index in [0.717, 1.165) is 37.2 Å². The minimum absolute atomic E-state index is 0.0759. The number of benzene rings is 1. The van der Waals surface area contributed by atoms with Crippen molar-refractivity contribution in [1.82, 2.24) is 14.8 Å². The summed E-state index contributed by atoms with van der Waals surface area (Å²) in [6.45, 7) is 1.66. The van der Waals surface area contributed by atoms with E-state index < -0.39 is 0 Å². The Morgan fingerprint density at radius 1 is 1.19 bits per heavy atom.